The minimum Gasteiger partial charge on any atom is -0.469 e. The highest BCUT2D eigenvalue weighted by Crippen LogP contribution is 2.19. The van der Waals surface area contributed by atoms with Gasteiger partial charge in [0, 0.05) is 11.3 Å². The van der Waals surface area contributed by atoms with Crippen LogP contribution in [0.3, 0.4) is 0 Å². The van der Waals surface area contributed by atoms with Gasteiger partial charge in [0.2, 0.25) is 5.91 Å². The number of carbonyl (C=O) groups is 2. The zero-order chi connectivity index (χ0) is 15.0. The number of aromatic nitrogens is 1. The van der Waals surface area contributed by atoms with Gasteiger partial charge in [-0.3, -0.25) is 9.59 Å². The standard InChI is InChI=1S/C14H22N2O3S/c1-4-6-7-10(5-2)13(18)16-14-15-11(9-20-14)8-12(17)19-3/h9-10H,4-8H2,1-3H3,(H,15,16,18). The second-order valence-electron chi connectivity index (χ2n) is 4.63. The van der Waals surface area contributed by atoms with Crippen molar-refractivity contribution in [3.63, 3.8) is 0 Å². The van der Waals surface area contributed by atoms with Crippen LogP contribution in [0.25, 0.3) is 0 Å². The van der Waals surface area contributed by atoms with Crippen molar-refractivity contribution in [3.8, 4) is 0 Å². The molecule has 0 aliphatic heterocycles. The first kappa shape index (κ1) is 16.6. The van der Waals surface area contributed by atoms with E-state index in [0.717, 1.165) is 25.7 Å². The average Bonchev–Trinajstić information content (AvgIpc) is 2.86. The maximum absolute atomic E-state index is 12.1. The summed E-state index contributed by atoms with van der Waals surface area (Å²) in [5, 5.41) is 5.14. The molecular formula is C14H22N2O3S. The highest BCUT2D eigenvalue weighted by Gasteiger charge is 2.17. The Balaban J connectivity index is 2.54. The van der Waals surface area contributed by atoms with Crippen LogP contribution in [0.5, 0.6) is 0 Å². The van der Waals surface area contributed by atoms with Gasteiger partial charge >= 0.3 is 5.97 Å². The smallest absolute Gasteiger partial charge is 0.311 e. The van der Waals surface area contributed by atoms with Gasteiger partial charge in [-0.15, -0.1) is 11.3 Å². The molecule has 1 rings (SSSR count). The molecule has 112 valence electrons. The van der Waals surface area contributed by atoms with Crippen LogP contribution in [0.15, 0.2) is 5.38 Å². The van der Waals surface area contributed by atoms with E-state index in [0.29, 0.717) is 10.8 Å². The number of ether oxygens (including phenoxy) is 1. The molecule has 1 aromatic rings. The molecule has 1 atom stereocenters. The predicted molar refractivity (Wildman–Crippen MR) is 79.8 cm³/mol. The third kappa shape index (κ3) is 5.28. The second-order valence-corrected chi connectivity index (χ2v) is 5.49. The van der Waals surface area contributed by atoms with Gasteiger partial charge in [-0.05, 0) is 12.8 Å². The first-order chi connectivity index (χ1) is 9.60. The van der Waals surface area contributed by atoms with Crippen LogP contribution >= 0.6 is 11.3 Å². The van der Waals surface area contributed by atoms with Crippen LogP contribution in [0.1, 0.15) is 45.2 Å². The molecule has 1 heterocycles. The van der Waals surface area contributed by atoms with Crippen LogP contribution in [-0.4, -0.2) is 24.0 Å². The van der Waals surface area contributed by atoms with Gasteiger partial charge in [0.1, 0.15) is 0 Å². The summed E-state index contributed by atoms with van der Waals surface area (Å²) in [5.74, 6) is -0.287. The minimum atomic E-state index is -0.331. The molecule has 1 amide bonds. The minimum absolute atomic E-state index is 0.0138. The Morgan fingerprint density at radius 1 is 1.45 bits per heavy atom. The largest absolute Gasteiger partial charge is 0.469 e. The molecule has 0 bridgehead atoms. The number of methoxy groups -OCH3 is 1. The Bertz CT molecular complexity index is 445. The molecule has 0 aliphatic carbocycles. The summed E-state index contributed by atoms with van der Waals surface area (Å²) in [6.07, 6.45) is 4.00. The number of amides is 1. The number of rotatable bonds is 8. The van der Waals surface area contributed by atoms with E-state index < -0.39 is 0 Å². The maximum Gasteiger partial charge on any atom is 0.311 e. The van der Waals surface area contributed by atoms with Crippen molar-refractivity contribution in [2.45, 2.75) is 46.0 Å². The molecule has 1 unspecified atom stereocenters. The second kappa shape index (κ2) is 8.68. The number of nitrogens with one attached hydrogen (secondary N) is 1. The molecule has 0 spiro atoms. The Morgan fingerprint density at radius 2 is 2.20 bits per heavy atom. The summed E-state index contributed by atoms with van der Waals surface area (Å²) >= 11 is 1.33. The van der Waals surface area contributed by atoms with E-state index in [1.165, 1.54) is 18.4 Å². The molecule has 1 N–H and O–H groups in total. The van der Waals surface area contributed by atoms with Crippen LogP contribution in [0.2, 0.25) is 0 Å². The molecule has 1 aromatic heterocycles. The van der Waals surface area contributed by atoms with Crippen molar-refractivity contribution in [2.24, 2.45) is 5.92 Å². The van der Waals surface area contributed by atoms with Gasteiger partial charge < -0.3 is 10.1 Å². The lowest BCUT2D eigenvalue weighted by Crippen LogP contribution is -2.22. The number of anilines is 1. The zero-order valence-corrected chi connectivity index (χ0v) is 13.1. The average molecular weight is 298 g/mol. The fourth-order valence-electron chi connectivity index (χ4n) is 1.84. The number of carbonyl (C=O) groups excluding carboxylic acids is 2. The third-order valence-electron chi connectivity index (χ3n) is 3.10. The van der Waals surface area contributed by atoms with Crippen molar-refractivity contribution in [1.82, 2.24) is 4.98 Å². The number of hydrogen-bond acceptors (Lipinski definition) is 5. The van der Waals surface area contributed by atoms with E-state index in [9.17, 15) is 9.59 Å². The number of unbranched alkanes of at least 4 members (excludes halogenated alkanes) is 1. The van der Waals surface area contributed by atoms with E-state index in [2.05, 4.69) is 22.0 Å². The van der Waals surface area contributed by atoms with Crippen molar-refractivity contribution in [1.29, 1.82) is 0 Å². The Morgan fingerprint density at radius 3 is 2.80 bits per heavy atom. The lowest BCUT2D eigenvalue weighted by atomic mass is 9.99. The van der Waals surface area contributed by atoms with E-state index in [-0.39, 0.29) is 24.2 Å². The van der Waals surface area contributed by atoms with Crippen molar-refractivity contribution < 1.29 is 14.3 Å². The van der Waals surface area contributed by atoms with Gasteiger partial charge in [-0.1, -0.05) is 26.7 Å². The van der Waals surface area contributed by atoms with Crippen LogP contribution in [0.4, 0.5) is 5.13 Å². The van der Waals surface area contributed by atoms with Gasteiger partial charge in [0.25, 0.3) is 0 Å². The topological polar surface area (TPSA) is 68.3 Å². The summed E-state index contributed by atoms with van der Waals surface area (Å²) in [5.41, 5.74) is 0.624. The van der Waals surface area contributed by atoms with Crippen molar-refractivity contribution in [3.05, 3.63) is 11.1 Å². The molecule has 0 radical (unpaired) electrons. The highest BCUT2D eigenvalue weighted by atomic mass is 32.1. The van der Waals surface area contributed by atoms with E-state index in [1.807, 2.05) is 6.92 Å². The lowest BCUT2D eigenvalue weighted by Gasteiger charge is -2.12. The maximum atomic E-state index is 12.1. The van der Waals surface area contributed by atoms with Gasteiger partial charge in [0.05, 0.1) is 19.2 Å². The van der Waals surface area contributed by atoms with Crippen LogP contribution in [-0.2, 0) is 20.7 Å². The molecule has 0 aromatic carbocycles. The van der Waals surface area contributed by atoms with Crippen molar-refractivity contribution in [2.75, 3.05) is 12.4 Å². The fourth-order valence-corrected chi connectivity index (χ4v) is 2.56. The van der Waals surface area contributed by atoms with Crippen molar-refractivity contribution >= 4 is 28.3 Å². The first-order valence-electron chi connectivity index (χ1n) is 6.92. The third-order valence-corrected chi connectivity index (χ3v) is 3.91. The normalized spacial score (nSPS) is 11.9. The summed E-state index contributed by atoms with van der Waals surface area (Å²) < 4.78 is 4.58. The van der Waals surface area contributed by atoms with Crippen LogP contribution in [0, 0.1) is 5.92 Å². The fraction of sp³-hybridized carbons (Fsp3) is 0.643. The molecule has 0 fully saturated rings. The summed E-state index contributed by atoms with van der Waals surface area (Å²) in [4.78, 5) is 27.5. The van der Waals surface area contributed by atoms with E-state index >= 15 is 0 Å². The zero-order valence-electron chi connectivity index (χ0n) is 12.3. The molecule has 0 saturated heterocycles. The number of hydrogen-bond donors (Lipinski definition) is 1. The van der Waals surface area contributed by atoms with E-state index in [1.54, 1.807) is 5.38 Å². The molecule has 6 heteroatoms. The number of thiazole rings is 1. The Labute approximate surface area is 123 Å². The summed E-state index contributed by atoms with van der Waals surface area (Å²) in [6, 6.07) is 0. The number of nitrogens with zero attached hydrogens (tertiary/aromatic N) is 1. The number of esters is 1. The summed E-state index contributed by atoms with van der Waals surface area (Å²) in [6.45, 7) is 4.13. The molecule has 5 nitrogen and oxygen atoms in total. The predicted octanol–water partition coefficient (Wildman–Crippen LogP) is 3.01. The summed E-state index contributed by atoms with van der Waals surface area (Å²) in [7, 11) is 1.34. The molecular weight excluding hydrogens is 276 g/mol. The Hall–Kier alpha value is -1.43. The quantitative estimate of drug-likeness (QED) is 0.749. The van der Waals surface area contributed by atoms with Gasteiger partial charge in [0.15, 0.2) is 5.13 Å². The van der Waals surface area contributed by atoms with Crippen LogP contribution < -0.4 is 5.32 Å². The monoisotopic (exact) mass is 298 g/mol. The Kier molecular flexibility index (Phi) is 7.22. The lowest BCUT2D eigenvalue weighted by molar-refractivity contribution is -0.139. The molecule has 0 saturated carbocycles. The SMILES string of the molecule is CCCCC(CC)C(=O)Nc1nc(CC(=O)OC)cs1. The van der Waals surface area contributed by atoms with Gasteiger partial charge in [-0.25, -0.2) is 4.98 Å². The molecule has 0 aliphatic rings. The van der Waals surface area contributed by atoms with E-state index in [4.69, 9.17) is 0 Å². The molecule has 20 heavy (non-hydrogen) atoms. The van der Waals surface area contributed by atoms with Gasteiger partial charge in [-0.2, -0.15) is 0 Å². The highest BCUT2D eigenvalue weighted by molar-refractivity contribution is 7.13. The first-order valence-corrected chi connectivity index (χ1v) is 7.80.